The molecule has 0 aliphatic heterocycles. The van der Waals surface area contributed by atoms with Crippen molar-refractivity contribution in [3.05, 3.63) is 64.1 Å². The van der Waals surface area contributed by atoms with E-state index in [0.717, 1.165) is 16.5 Å². The van der Waals surface area contributed by atoms with Crippen molar-refractivity contribution in [3.63, 3.8) is 0 Å². The quantitative estimate of drug-likeness (QED) is 0.851. The van der Waals surface area contributed by atoms with Gasteiger partial charge in [-0.3, -0.25) is 4.79 Å². The molecule has 0 saturated carbocycles. The van der Waals surface area contributed by atoms with Gasteiger partial charge in [0.1, 0.15) is 12.4 Å². The Kier molecular flexibility index (Phi) is 5.81. The fourth-order valence-electron chi connectivity index (χ4n) is 1.90. The Morgan fingerprint density at radius 2 is 2.00 bits per heavy atom. The number of para-hydroxylation sites is 1. The molecular weight excluding hydrogens is 330 g/mol. The van der Waals surface area contributed by atoms with Gasteiger partial charge in [0.2, 0.25) is 0 Å². The molecular formula is C17H18BrNO2. The summed E-state index contributed by atoms with van der Waals surface area (Å²) >= 11 is 3.43. The summed E-state index contributed by atoms with van der Waals surface area (Å²) in [6, 6.07) is 15.2. The summed E-state index contributed by atoms with van der Waals surface area (Å²) < 4.78 is 6.81. The monoisotopic (exact) mass is 347 g/mol. The molecule has 2 rings (SSSR count). The predicted molar refractivity (Wildman–Crippen MR) is 87.5 cm³/mol. The number of hydrogen-bond donors (Lipinski definition) is 1. The van der Waals surface area contributed by atoms with Crippen molar-refractivity contribution in [2.45, 2.75) is 20.0 Å². The molecule has 0 saturated heterocycles. The van der Waals surface area contributed by atoms with E-state index in [1.807, 2.05) is 49.4 Å². The molecule has 0 heterocycles. The number of hydrogen-bond acceptors (Lipinski definition) is 2. The topological polar surface area (TPSA) is 38.3 Å². The first-order valence-electron chi connectivity index (χ1n) is 6.95. The van der Waals surface area contributed by atoms with E-state index < -0.39 is 0 Å². The summed E-state index contributed by atoms with van der Waals surface area (Å²) in [6.07, 6.45) is 0.910. The first-order valence-corrected chi connectivity index (χ1v) is 7.74. The van der Waals surface area contributed by atoms with Gasteiger partial charge >= 0.3 is 0 Å². The van der Waals surface area contributed by atoms with Crippen LogP contribution in [0.15, 0.2) is 53.0 Å². The maximum atomic E-state index is 12.1. The molecule has 0 aliphatic carbocycles. The van der Waals surface area contributed by atoms with Crippen LogP contribution in [0, 0.1) is 0 Å². The van der Waals surface area contributed by atoms with Crippen LogP contribution in [-0.2, 0) is 6.61 Å². The molecule has 3 nitrogen and oxygen atoms in total. The number of amides is 1. The van der Waals surface area contributed by atoms with Gasteiger partial charge in [0, 0.05) is 11.0 Å². The van der Waals surface area contributed by atoms with Crippen molar-refractivity contribution in [1.82, 2.24) is 5.32 Å². The minimum Gasteiger partial charge on any atom is -0.488 e. The van der Waals surface area contributed by atoms with E-state index in [1.165, 1.54) is 0 Å². The molecule has 21 heavy (non-hydrogen) atoms. The van der Waals surface area contributed by atoms with Crippen molar-refractivity contribution in [2.75, 3.05) is 6.54 Å². The highest BCUT2D eigenvalue weighted by Crippen LogP contribution is 2.20. The second kappa shape index (κ2) is 7.84. The van der Waals surface area contributed by atoms with Gasteiger partial charge in [0.05, 0.1) is 5.56 Å². The lowest BCUT2D eigenvalue weighted by atomic mass is 10.2. The van der Waals surface area contributed by atoms with Crippen LogP contribution in [-0.4, -0.2) is 12.5 Å². The van der Waals surface area contributed by atoms with E-state index in [1.54, 1.807) is 6.07 Å². The third-order valence-electron chi connectivity index (χ3n) is 2.95. The van der Waals surface area contributed by atoms with Gasteiger partial charge in [-0.25, -0.2) is 0 Å². The summed E-state index contributed by atoms with van der Waals surface area (Å²) in [5, 5.41) is 2.87. The smallest absolute Gasteiger partial charge is 0.255 e. The zero-order chi connectivity index (χ0) is 15.1. The molecule has 0 radical (unpaired) electrons. The standard InChI is InChI=1S/C17H18BrNO2/c1-2-10-19-17(20)15-8-3-4-9-16(15)21-12-13-6-5-7-14(18)11-13/h3-9,11H,2,10,12H2,1H3,(H,19,20). The van der Waals surface area contributed by atoms with E-state index in [0.29, 0.717) is 24.5 Å². The lowest BCUT2D eigenvalue weighted by Crippen LogP contribution is -2.24. The molecule has 110 valence electrons. The normalized spacial score (nSPS) is 10.2. The molecule has 0 aliphatic rings. The number of benzene rings is 2. The number of nitrogens with one attached hydrogen (secondary N) is 1. The van der Waals surface area contributed by atoms with Gasteiger partial charge in [-0.1, -0.05) is 47.1 Å². The maximum absolute atomic E-state index is 12.1. The summed E-state index contributed by atoms with van der Waals surface area (Å²) in [5.41, 5.74) is 1.62. The average molecular weight is 348 g/mol. The van der Waals surface area contributed by atoms with E-state index in [9.17, 15) is 4.79 Å². The van der Waals surface area contributed by atoms with E-state index in [2.05, 4.69) is 21.2 Å². The molecule has 0 aromatic heterocycles. The zero-order valence-electron chi connectivity index (χ0n) is 11.9. The fourth-order valence-corrected chi connectivity index (χ4v) is 2.35. The number of ether oxygens (including phenoxy) is 1. The van der Waals surface area contributed by atoms with Crippen molar-refractivity contribution in [3.8, 4) is 5.75 Å². The molecule has 1 amide bonds. The molecule has 0 bridgehead atoms. The highest BCUT2D eigenvalue weighted by Gasteiger charge is 2.11. The Balaban J connectivity index is 2.08. The van der Waals surface area contributed by atoms with Crippen molar-refractivity contribution >= 4 is 21.8 Å². The van der Waals surface area contributed by atoms with Gasteiger partial charge in [-0.2, -0.15) is 0 Å². The maximum Gasteiger partial charge on any atom is 0.255 e. The number of carbonyl (C=O) groups is 1. The van der Waals surface area contributed by atoms with Crippen molar-refractivity contribution < 1.29 is 9.53 Å². The summed E-state index contributed by atoms with van der Waals surface area (Å²) in [6.45, 7) is 3.12. The van der Waals surface area contributed by atoms with Crippen LogP contribution in [0.4, 0.5) is 0 Å². The molecule has 0 spiro atoms. The second-order valence-electron chi connectivity index (χ2n) is 4.67. The highest BCUT2D eigenvalue weighted by atomic mass is 79.9. The average Bonchev–Trinajstić information content (AvgIpc) is 2.51. The van der Waals surface area contributed by atoms with Crippen LogP contribution in [0.3, 0.4) is 0 Å². The van der Waals surface area contributed by atoms with E-state index >= 15 is 0 Å². The molecule has 0 unspecified atom stereocenters. The van der Waals surface area contributed by atoms with Gasteiger partial charge in [-0.15, -0.1) is 0 Å². The Morgan fingerprint density at radius 1 is 1.19 bits per heavy atom. The van der Waals surface area contributed by atoms with Crippen LogP contribution in [0.2, 0.25) is 0 Å². The highest BCUT2D eigenvalue weighted by molar-refractivity contribution is 9.10. The number of rotatable bonds is 6. The van der Waals surface area contributed by atoms with Crippen LogP contribution in [0.5, 0.6) is 5.75 Å². The zero-order valence-corrected chi connectivity index (χ0v) is 13.5. The van der Waals surface area contributed by atoms with Gasteiger partial charge < -0.3 is 10.1 Å². The fraction of sp³-hybridized carbons (Fsp3) is 0.235. The van der Waals surface area contributed by atoms with Crippen molar-refractivity contribution in [2.24, 2.45) is 0 Å². The summed E-state index contributed by atoms with van der Waals surface area (Å²) in [4.78, 5) is 12.1. The molecule has 0 fully saturated rings. The lowest BCUT2D eigenvalue weighted by molar-refractivity contribution is 0.0949. The largest absolute Gasteiger partial charge is 0.488 e. The van der Waals surface area contributed by atoms with Crippen LogP contribution >= 0.6 is 15.9 Å². The Morgan fingerprint density at radius 3 is 2.76 bits per heavy atom. The predicted octanol–water partition coefficient (Wildman–Crippen LogP) is 4.17. The van der Waals surface area contributed by atoms with E-state index in [4.69, 9.17) is 4.74 Å². The first-order chi connectivity index (χ1) is 10.2. The number of halogens is 1. The Labute approximate surface area is 133 Å². The lowest BCUT2D eigenvalue weighted by Gasteiger charge is -2.11. The van der Waals surface area contributed by atoms with E-state index in [-0.39, 0.29) is 5.91 Å². The molecule has 2 aromatic rings. The molecule has 1 N–H and O–H groups in total. The van der Waals surface area contributed by atoms with Crippen molar-refractivity contribution in [1.29, 1.82) is 0 Å². The minimum absolute atomic E-state index is 0.0957. The second-order valence-corrected chi connectivity index (χ2v) is 5.59. The molecule has 2 aromatic carbocycles. The van der Waals surface area contributed by atoms with Crippen LogP contribution < -0.4 is 10.1 Å². The Hall–Kier alpha value is -1.81. The third kappa shape index (κ3) is 4.60. The number of carbonyl (C=O) groups excluding carboxylic acids is 1. The molecule has 0 atom stereocenters. The summed E-state index contributed by atoms with van der Waals surface area (Å²) in [5.74, 6) is 0.507. The molecule has 4 heteroatoms. The Bertz CT molecular complexity index is 613. The SMILES string of the molecule is CCCNC(=O)c1ccccc1OCc1cccc(Br)c1. The van der Waals surface area contributed by atoms with Gasteiger partial charge in [0.15, 0.2) is 0 Å². The van der Waals surface area contributed by atoms with Gasteiger partial charge in [0.25, 0.3) is 5.91 Å². The summed E-state index contributed by atoms with van der Waals surface area (Å²) in [7, 11) is 0. The van der Waals surface area contributed by atoms with Crippen LogP contribution in [0.25, 0.3) is 0 Å². The minimum atomic E-state index is -0.0957. The van der Waals surface area contributed by atoms with Gasteiger partial charge in [-0.05, 0) is 36.2 Å². The first kappa shape index (κ1) is 15.6. The van der Waals surface area contributed by atoms with Crippen LogP contribution in [0.1, 0.15) is 29.3 Å². The third-order valence-corrected chi connectivity index (χ3v) is 3.44.